The number of carbonyl (C=O) groups is 1. The SMILES string of the molecule is CC(C)Oc1ccccc1C1CC(=O)Nc2c(-c3ccc(F)cc3)csc21. The fourth-order valence-corrected chi connectivity index (χ4v) is 4.60. The molecule has 5 heteroatoms. The molecule has 3 nitrogen and oxygen atoms in total. The first-order valence-electron chi connectivity index (χ1n) is 8.95. The molecule has 0 fully saturated rings. The topological polar surface area (TPSA) is 38.3 Å². The normalized spacial score (nSPS) is 16.1. The zero-order valence-corrected chi connectivity index (χ0v) is 16.0. The maximum atomic E-state index is 13.3. The number of benzene rings is 2. The molecule has 1 N–H and O–H groups in total. The Kier molecular flexibility index (Phi) is 4.70. The van der Waals surface area contributed by atoms with E-state index in [9.17, 15) is 9.18 Å². The minimum atomic E-state index is -0.274. The second kappa shape index (κ2) is 7.16. The van der Waals surface area contributed by atoms with Crippen LogP contribution < -0.4 is 10.1 Å². The van der Waals surface area contributed by atoms with Crippen LogP contribution in [0.5, 0.6) is 5.75 Å². The highest BCUT2D eigenvalue weighted by atomic mass is 32.1. The molecule has 2 heterocycles. The van der Waals surface area contributed by atoms with Gasteiger partial charge in [-0.15, -0.1) is 11.3 Å². The maximum absolute atomic E-state index is 13.3. The number of para-hydroxylation sites is 1. The fourth-order valence-electron chi connectivity index (χ4n) is 3.45. The lowest BCUT2D eigenvalue weighted by Crippen LogP contribution is -2.23. The van der Waals surface area contributed by atoms with Crippen molar-refractivity contribution in [3.8, 4) is 16.9 Å². The molecule has 1 aliphatic heterocycles. The molecule has 1 amide bonds. The first kappa shape index (κ1) is 17.7. The smallest absolute Gasteiger partial charge is 0.225 e. The number of thiophene rings is 1. The summed E-state index contributed by atoms with van der Waals surface area (Å²) < 4.78 is 19.3. The third-order valence-electron chi connectivity index (χ3n) is 4.60. The number of fused-ring (bicyclic) bond motifs is 1. The Morgan fingerprint density at radius 2 is 1.89 bits per heavy atom. The Hall–Kier alpha value is -2.66. The van der Waals surface area contributed by atoms with Crippen LogP contribution in [0.4, 0.5) is 10.1 Å². The van der Waals surface area contributed by atoms with E-state index in [0.29, 0.717) is 6.42 Å². The van der Waals surface area contributed by atoms with Crippen molar-refractivity contribution in [1.29, 1.82) is 0 Å². The van der Waals surface area contributed by atoms with Gasteiger partial charge < -0.3 is 10.1 Å². The predicted octanol–water partition coefficient (Wildman–Crippen LogP) is 5.82. The van der Waals surface area contributed by atoms with Gasteiger partial charge in [0.05, 0.1) is 11.8 Å². The summed E-state index contributed by atoms with van der Waals surface area (Å²) in [7, 11) is 0. The lowest BCUT2D eigenvalue weighted by Gasteiger charge is -2.26. The maximum Gasteiger partial charge on any atom is 0.225 e. The minimum Gasteiger partial charge on any atom is -0.491 e. The third-order valence-corrected chi connectivity index (χ3v) is 5.70. The van der Waals surface area contributed by atoms with Crippen LogP contribution in [0.2, 0.25) is 0 Å². The van der Waals surface area contributed by atoms with E-state index >= 15 is 0 Å². The summed E-state index contributed by atoms with van der Waals surface area (Å²) in [6.45, 7) is 3.99. The summed E-state index contributed by atoms with van der Waals surface area (Å²) in [5.74, 6) is 0.468. The van der Waals surface area contributed by atoms with Crippen LogP contribution in [0.25, 0.3) is 11.1 Å². The first-order valence-corrected chi connectivity index (χ1v) is 9.83. The van der Waals surface area contributed by atoms with Crippen molar-refractivity contribution in [2.24, 2.45) is 0 Å². The molecule has 0 aliphatic carbocycles. The molecule has 0 spiro atoms. The first-order chi connectivity index (χ1) is 13.0. The van der Waals surface area contributed by atoms with E-state index in [1.807, 2.05) is 43.5 Å². The van der Waals surface area contributed by atoms with Crippen molar-refractivity contribution in [2.45, 2.75) is 32.3 Å². The Balaban J connectivity index is 1.79. The van der Waals surface area contributed by atoms with E-state index in [1.165, 1.54) is 12.1 Å². The molecule has 138 valence electrons. The molecule has 0 bridgehead atoms. The molecule has 27 heavy (non-hydrogen) atoms. The van der Waals surface area contributed by atoms with Crippen LogP contribution in [-0.2, 0) is 4.79 Å². The Morgan fingerprint density at radius 1 is 1.15 bits per heavy atom. The van der Waals surface area contributed by atoms with E-state index in [2.05, 4.69) is 5.32 Å². The van der Waals surface area contributed by atoms with Crippen molar-refractivity contribution in [3.63, 3.8) is 0 Å². The zero-order chi connectivity index (χ0) is 19.0. The number of carbonyl (C=O) groups excluding carboxylic acids is 1. The molecule has 1 aromatic heterocycles. The summed E-state index contributed by atoms with van der Waals surface area (Å²) in [5.41, 5.74) is 3.67. The molecule has 0 saturated carbocycles. The van der Waals surface area contributed by atoms with Gasteiger partial charge in [-0.25, -0.2) is 4.39 Å². The number of hydrogen-bond acceptors (Lipinski definition) is 3. The monoisotopic (exact) mass is 381 g/mol. The van der Waals surface area contributed by atoms with Gasteiger partial charge >= 0.3 is 0 Å². The number of halogens is 1. The summed E-state index contributed by atoms with van der Waals surface area (Å²) in [5, 5.41) is 5.05. The van der Waals surface area contributed by atoms with Gasteiger partial charge in [0.25, 0.3) is 0 Å². The van der Waals surface area contributed by atoms with Crippen molar-refractivity contribution in [1.82, 2.24) is 0 Å². The number of ether oxygens (including phenoxy) is 1. The lowest BCUT2D eigenvalue weighted by atomic mass is 9.88. The van der Waals surface area contributed by atoms with Crippen LogP contribution >= 0.6 is 11.3 Å². The van der Waals surface area contributed by atoms with Gasteiger partial charge in [-0.3, -0.25) is 4.79 Å². The standard InChI is InChI=1S/C22H20FNO2S/c1-13(2)26-19-6-4-3-5-16(19)17-11-20(25)24-21-18(12-27-22(17)21)14-7-9-15(23)10-8-14/h3-10,12-13,17H,11H2,1-2H3,(H,24,25). The van der Waals surface area contributed by atoms with E-state index < -0.39 is 0 Å². The number of anilines is 1. The third kappa shape index (κ3) is 3.47. The summed E-state index contributed by atoms with van der Waals surface area (Å²) >= 11 is 1.62. The molecule has 0 radical (unpaired) electrons. The fraction of sp³-hybridized carbons (Fsp3) is 0.227. The minimum absolute atomic E-state index is 0.0198. The number of rotatable bonds is 4. The summed E-state index contributed by atoms with van der Waals surface area (Å²) in [6.07, 6.45) is 0.440. The van der Waals surface area contributed by atoms with Gasteiger partial charge in [0, 0.05) is 33.7 Å². The van der Waals surface area contributed by atoms with Gasteiger partial charge in [-0.2, -0.15) is 0 Å². The van der Waals surface area contributed by atoms with Gasteiger partial charge in [0.15, 0.2) is 0 Å². The van der Waals surface area contributed by atoms with Crippen molar-refractivity contribution in [2.75, 3.05) is 5.32 Å². The summed E-state index contributed by atoms with van der Waals surface area (Å²) in [6, 6.07) is 14.3. The quantitative estimate of drug-likeness (QED) is 0.619. The van der Waals surface area contributed by atoms with Gasteiger partial charge in [0.2, 0.25) is 5.91 Å². The van der Waals surface area contributed by atoms with Crippen molar-refractivity contribution >= 4 is 22.9 Å². The number of amides is 1. The second-order valence-corrected chi connectivity index (χ2v) is 7.82. The Labute approximate surface area is 161 Å². The van der Waals surface area contributed by atoms with Crippen LogP contribution in [0.1, 0.15) is 36.6 Å². The van der Waals surface area contributed by atoms with Crippen LogP contribution in [0, 0.1) is 5.82 Å². The van der Waals surface area contributed by atoms with Gasteiger partial charge in [0.1, 0.15) is 11.6 Å². The van der Waals surface area contributed by atoms with Gasteiger partial charge in [-0.1, -0.05) is 30.3 Å². The highest BCUT2D eigenvalue weighted by molar-refractivity contribution is 7.11. The van der Waals surface area contributed by atoms with E-state index in [1.54, 1.807) is 23.5 Å². The van der Waals surface area contributed by atoms with Gasteiger partial charge in [-0.05, 0) is 37.6 Å². The van der Waals surface area contributed by atoms with E-state index in [0.717, 1.165) is 33.0 Å². The molecule has 4 rings (SSSR count). The zero-order valence-electron chi connectivity index (χ0n) is 15.2. The predicted molar refractivity (Wildman–Crippen MR) is 107 cm³/mol. The highest BCUT2D eigenvalue weighted by Gasteiger charge is 2.32. The molecular formula is C22H20FNO2S. The average molecular weight is 381 g/mol. The highest BCUT2D eigenvalue weighted by Crippen LogP contribution is 2.48. The molecule has 1 atom stereocenters. The van der Waals surface area contributed by atoms with Crippen LogP contribution in [-0.4, -0.2) is 12.0 Å². The molecule has 1 unspecified atom stereocenters. The van der Waals surface area contributed by atoms with Crippen LogP contribution in [0.3, 0.4) is 0 Å². The molecule has 0 saturated heterocycles. The molecule has 1 aliphatic rings. The van der Waals surface area contributed by atoms with E-state index in [-0.39, 0.29) is 23.7 Å². The molecular weight excluding hydrogens is 361 g/mol. The van der Waals surface area contributed by atoms with Crippen LogP contribution in [0.15, 0.2) is 53.9 Å². The average Bonchev–Trinajstić information content (AvgIpc) is 3.05. The molecule has 3 aromatic rings. The van der Waals surface area contributed by atoms with E-state index in [4.69, 9.17) is 4.74 Å². The molecule has 2 aromatic carbocycles. The largest absolute Gasteiger partial charge is 0.491 e. The lowest BCUT2D eigenvalue weighted by molar-refractivity contribution is -0.116. The Bertz CT molecular complexity index is 978. The summed E-state index contributed by atoms with van der Waals surface area (Å²) in [4.78, 5) is 13.6. The number of nitrogens with one attached hydrogen (secondary N) is 1. The second-order valence-electron chi connectivity index (χ2n) is 6.90. The van der Waals surface area contributed by atoms with Crippen molar-refractivity contribution < 1.29 is 13.9 Å². The van der Waals surface area contributed by atoms with Crippen molar-refractivity contribution in [3.05, 3.63) is 70.2 Å². The Morgan fingerprint density at radius 3 is 2.63 bits per heavy atom. The number of hydrogen-bond donors (Lipinski definition) is 1.